The number of aryl methyl sites for hydroxylation is 1. The van der Waals surface area contributed by atoms with Gasteiger partial charge in [0.25, 0.3) is 0 Å². The highest BCUT2D eigenvalue weighted by atomic mass is 32.1. The van der Waals surface area contributed by atoms with E-state index in [9.17, 15) is 0 Å². The maximum absolute atomic E-state index is 5.50. The molecule has 0 aliphatic rings. The molecule has 0 radical (unpaired) electrons. The molecule has 6 heteroatoms. The molecule has 0 amide bonds. The standard InChI is InChI=1S/C9H18N4OS/c1-8-11-12-9(15-8)13(5-3-4-10)6-7-14-2/h3-7,10H2,1-2H3. The minimum Gasteiger partial charge on any atom is -0.383 e. The summed E-state index contributed by atoms with van der Waals surface area (Å²) < 4.78 is 5.06. The van der Waals surface area contributed by atoms with Crippen LogP contribution in [0.5, 0.6) is 0 Å². The molecular formula is C9H18N4OS. The zero-order valence-corrected chi connectivity index (χ0v) is 10.1. The van der Waals surface area contributed by atoms with E-state index in [1.54, 1.807) is 18.4 Å². The summed E-state index contributed by atoms with van der Waals surface area (Å²) in [6.07, 6.45) is 0.961. The van der Waals surface area contributed by atoms with Crippen molar-refractivity contribution in [3.05, 3.63) is 5.01 Å². The fourth-order valence-electron chi connectivity index (χ4n) is 1.20. The van der Waals surface area contributed by atoms with Gasteiger partial charge in [0.1, 0.15) is 5.01 Å². The van der Waals surface area contributed by atoms with Gasteiger partial charge in [-0.15, -0.1) is 10.2 Å². The number of methoxy groups -OCH3 is 1. The molecule has 0 aliphatic heterocycles. The second-order valence-electron chi connectivity index (χ2n) is 3.23. The fraction of sp³-hybridized carbons (Fsp3) is 0.778. The van der Waals surface area contributed by atoms with E-state index in [4.69, 9.17) is 10.5 Å². The number of hydrogen-bond donors (Lipinski definition) is 1. The number of ether oxygens (including phenoxy) is 1. The lowest BCUT2D eigenvalue weighted by Gasteiger charge is -2.20. The van der Waals surface area contributed by atoms with Gasteiger partial charge in [-0.1, -0.05) is 11.3 Å². The monoisotopic (exact) mass is 230 g/mol. The van der Waals surface area contributed by atoms with Gasteiger partial charge in [-0.3, -0.25) is 0 Å². The van der Waals surface area contributed by atoms with Gasteiger partial charge in [0, 0.05) is 20.2 Å². The summed E-state index contributed by atoms with van der Waals surface area (Å²) >= 11 is 1.60. The quantitative estimate of drug-likeness (QED) is 0.745. The smallest absolute Gasteiger partial charge is 0.208 e. The van der Waals surface area contributed by atoms with Crippen molar-refractivity contribution in [3.63, 3.8) is 0 Å². The van der Waals surface area contributed by atoms with Gasteiger partial charge in [0.2, 0.25) is 5.13 Å². The van der Waals surface area contributed by atoms with Crippen LogP contribution in [0.4, 0.5) is 5.13 Å². The molecule has 15 heavy (non-hydrogen) atoms. The van der Waals surface area contributed by atoms with Crippen LogP contribution in [0.25, 0.3) is 0 Å². The topological polar surface area (TPSA) is 64.3 Å². The Morgan fingerprint density at radius 3 is 2.73 bits per heavy atom. The molecule has 1 heterocycles. The van der Waals surface area contributed by atoms with E-state index < -0.39 is 0 Å². The number of hydrogen-bond acceptors (Lipinski definition) is 6. The summed E-state index contributed by atoms with van der Waals surface area (Å²) in [5.74, 6) is 0. The lowest BCUT2D eigenvalue weighted by molar-refractivity contribution is 0.205. The first-order valence-corrected chi connectivity index (χ1v) is 5.83. The molecule has 0 bridgehead atoms. The summed E-state index contributed by atoms with van der Waals surface area (Å²) in [5, 5.41) is 10.1. The predicted octanol–water partition coefficient (Wildman–Crippen LogP) is 0.648. The highest BCUT2D eigenvalue weighted by Crippen LogP contribution is 2.19. The first-order chi connectivity index (χ1) is 7.27. The van der Waals surface area contributed by atoms with Gasteiger partial charge >= 0.3 is 0 Å². The van der Waals surface area contributed by atoms with Gasteiger partial charge in [0.05, 0.1) is 6.61 Å². The molecule has 0 saturated heterocycles. The molecule has 2 N–H and O–H groups in total. The molecule has 86 valence electrons. The van der Waals surface area contributed by atoms with E-state index >= 15 is 0 Å². The largest absolute Gasteiger partial charge is 0.383 e. The average molecular weight is 230 g/mol. The van der Waals surface area contributed by atoms with E-state index in [1.165, 1.54) is 0 Å². The number of aromatic nitrogens is 2. The van der Waals surface area contributed by atoms with Gasteiger partial charge in [-0.05, 0) is 19.9 Å². The molecular weight excluding hydrogens is 212 g/mol. The van der Waals surface area contributed by atoms with Gasteiger partial charge in [-0.2, -0.15) is 0 Å². The van der Waals surface area contributed by atoms with Crippen LogP contribution in [0, 0.1) is 6.92 Å². The third-order valence-electron chi connectivity index (χ3n) is 1.98. The SMILES string of the molecule is COCCN(CCCN)c1nnc(C)s1. The molecule has 0 fully saturated rings. The van der Waals surface area contributed by atoms with Crippen LogP contribution in [0.2, 0.25) is 0 Å². The first-order valence-electron chi connectivity index (χ1n) is 5.02. The molecule has 0 unspecified atom stereocenters. The number of anilines is 1. The van der Waals surface area contributed by atoms with Crippen molar-refractivity contribution in [3.8, 4) is 0 Å². The summed E-state index contributed by atoms with van der Waals surface area (Å²) in [6, 6.07) is 0. The van der Waals surface area contributed by atoms with Crippen molar-refractivity contribution in [2.75, 3.05) is 38.3 Å². The summed E-state index contributed by atoms with van der Waals surface area (Å²) in [4.78, 5) is 2.17. The maximum atomic E-state index is 5.50. The van der Waals surface area contributed by atoms with Crippen LogP contribution in [0.1, 0.15) is 11.4 Å². The van der Waals surface area contributed by atoms with Crippen molar-refractivity contribution in [1.82, 2.24) is 10.2 Å². The maximum Gasteiger partial charge on any atom is 0.208 e. The first kappa shape index (κ1) is 12.4. The van der Waals surface area contributed by atoms with E-state index in [2.05, 4.69) is 15.1 Å². The van der Waals surface area contributed by atoms with Crippen LogP contribution in [0.3, 0.4) is 0 Å². The third-order valence-corrected chi connectivity index (χ3v) is 2.88. The lowest BCUT2D eigenvalue weighted by Crippen LogP contribution is -2.29. The van der Waals surface area contributed by atoms with Crippen LogP contribution in [-0.4, -0.2) is 43.5 Å². The van der Waals surface area contributed by atoms with E-state index in [0.717, 1.165) is 29.6 Å². The number of nitrogens with two attached hydrogens (primary N) is 1. The van der Waals surface area contributed by atoms with Crippen LogP contribution in [-0.2, 0) is 4.74 Å². The molecule has 0 spiro atoms. The normalized spacial score (nSPS) is 10.6. The van der Waals surface area contributed by atoms with E-state index in [0.29, 0.717) is 13.2 Å². The van der Waals surface area contributed by atoms with Crippen molar-refractivity contribution in [2.24, 2.45) is 5.73 Å². The molecule has 0 aliphatic carbocycles. The minimum atomic E-state index is 0.696. The zero-order valence-electron chi connectivity index (χ0n) is 9.27. The number of rotatable bonds is 7. The second kappa shape index (κ2) is 6.71. The minimum absolute atomic E-state index is 0.696. The predicted molar refractivity (Wildman–Crippen MR) is 62.4 cm³/mol. The molecule has 5 nitrogen and oxygen atoms in total. The molecule has 1 aromatic rings. The lowest BCUT2D eigenvalue weighted by atomic mass is 10.4. The molecule has 0 aromatic carbocycles. The van der Waals surface area contributed by atoms with Crippen molar-refractivity contribution < 1.29 is 4.74 Å². The molecule has 1 rings (SSSR count). The Bertz CT molecular complexity index is 271. The fourth-order valence-corrected chi connectivity index (χ4v) is 1.94. The average Bonchev–Trinajstić information content (AvgIpc) is 2.65. The van der Waals surface area contributed by atoms with Gasteiger partial charge < -0.3 is 15.4 Å². The number of nitrogens with zero attached hydrogens (tertiary/aromatic N) is 3. The zero-order chi connectivity index (χ0) is 11.1. The highest BCUT2D eigenvalue weighted by Gasteiger charge is 2.10. The Kier molecular flexibility index (Phi) is 5.52. The van der Waals surface area contributed by atoms with Crippen molar-refractivity contribution >= 4 is 16.5 Å². The van der Waals surface area contributed by atoms with Gasteiger partial charge in [0.15, 0.2) is 0 Å². The van der Waals surface area contributed by atoms with Gasteiger partial charge in [-0.25, -0.2) is 0 Å². The van der Waals surface area contributed by atoms with Crippen LogP contribution in [0.15, 0.2) is 0 Å². The second-order valence-corrected chi connectivity index (χ2v) is 4.39. The Hall–Kier alpha value is -0.720. The Morgan fingerprint density at radius 2 is 2.20 bits per heavy atom. The molecule has 0 atom stereocenters. The summed E-state index contributed by atoms with van der Waals surface area (Å²) in [7, 11) is 1.70. The third kappa shape index (κ3) is 4.11. The van der Waals surface area contributed by atoms with Crippen molar-refractivity contribution in [2.45, 2.75) is 13.3 Å². The van der Waals surface area contributed by atoms with E-state index in [-0.39, 0.29) is 0 Å². The van der Waals surface area contributed by atoms with Crippen LogP contribution < -0.4 is 10.6 Å². The Morgan fingerprint density at radius 1 is 1.40 bits per heavy atom. The highest BCUT2D eigenvalue weighted by molar-refractivity contribution is 7.15. The molecule has 1 aromatic heterocycles. The molecule has 0 saturated carbocycles. The summed E-state index contributed by atoms with van der Waals surface area (Å²) in [6.45, 7) is 5.10. The summed E-state index contributed by atoms with van der Waals surface area (Å²) in [5.41, 5.74) is 5.50. The van der Waals surface area contributed by atoms with E-state index in [1.807, 2.05) is 6.92 Å². The van der Waals surface area contributed by atoms with Crippen LogP contribution >= 0.6 is 11.3 Å². The van der Waals surface area contributed by atoms with Crippen molar-refractivity contribution in [1.29, 1.82) is 0 Å². The Balaban J connectivity index is 2.54. The Labute approximate surface area is 94.2 Å².